The molecule has 0 radical (unpaired) electrons. The van der Waals surface area contributed by atoms with Crippen LogP contribution in [0.1, 0.15) is 150 Å². The van der Waals surface area contributed by atoms with Gasteiger partial charge in [-0.1, -0.05) is 110 Å². The Morgan fingerprint density at radius 1 is 0.554 bits per heavy atom. The molecular formula is C76H83Cl2FN6O13S3. The second-order valence-electron chi connectivity index (χ2n) is 22.7. The molecule has 25 heteroatoms. The zero-order chi connectivity index (χ0) is 74.0. The number of benzene rings is 6. The van der Waals surface area contributed by atoms with E-state index < -0.39 is 11.7 Å². The van der Waals surface area contributed by atoms with Gasteiger partial charge in [-0.15, -0.1) is 0 Å². The third kappa shape index (κ3) is 21.3. The van der Waals surface area contributed by atoms with Gasteiger partial charge in [-0.25, -0.2) is 9.64 Å². The van der Waals surface area contributed by atoms with Crippen LogP contribution in [-0.4, -0.2) is 110 Å². The van der Waals surface area contributed by atoms with Gasteiger partial charge in [-0.05, 0) is 242 Å². The summed E-state index contributed by atoms with van der Waals surface area (Å²) in [7, 11) is 12.2. The van der Waals surface area contributed by atoms with E-state index in [0.717, 1.165) is 138 Å². The van der Waals surface area contributed by atoms with Crippen LogP contribution in [0.4, 0.5) is 10.1 Å². The summed E-state index contributed by atoms with van der Waals surface area (Å²) >= 11 is 15.6. The molecule has 0 bridgehead atoms. The second kappa shape index (κ2) is 39.8. The van der Waals surface area contributed by atoms with Gasteiger partial charge in [0.1, 0.15) is 48.9 Å². The fraction of sp³-hybridized carbons (Fsp3) is 0.329. The van der Waals surface area contributed by atoms with E-state index in [-0.39, 0.29) is 21.8 Å². The van der Waals surface area contributed by atoms with Crippen LogP contribution >= 0.6 is 58.5 Å². The van der Waals surface area contributed by atoms with Crippen molar-refractivity contribution in [1.82, 2.24) is 9.72 Å². The van der Waals surface area contributed by atoms with Gasteiger partial charge in [-0.2, -0.15) is 4.39 Å². The standard InChI is InChI=1S/2C26H29ClN2O5S.C24H25FN2O3S/c1-15-11-18(14-21(23(15)31-3)26(30)35-6)19(9-7-8-10-22(27)28-33-5)17-12-16(2)24-20(13-17)25(32-4)29-34-24;1-15-11-17(13-20(23(15)32-4)25(30)35-6)19(9-7-8-10-22(27)28-33-5)18-12-16(2)24-21(14-18)29(3)26(31)34-24;1-16-13-18(15-21(23(16)29-3)24(28)31-5)20(11-6-7-12-22(25)27-30-4)17-9-8-10-19(14-17)26-2/h2*9,11-14H,7-8,10H2,1-6H3;8-11,13-15H,6-7,12H2,1,3-5H3/b19-9-,28-22-;19-9+,28-22-;20-11-,27-22-. The molecule has 0 aliphatic rings. The van der Waals surface area contributed by atoms with E-state index in [1.165, 1.54) is 25.9 Å². The zero-order valence-electron chi connectivity index (χ0n) is 59.5. The maximum absolute atomic E-state index is 13.5. The summed E-state index contributed by atoms with van der Waals surface area (Å²) in [6.45, 7) is 17.0. The quantitative estimate of drug-likeness (QED) is 0.0193. The number of hydrogen-bond donors (Lipinski definition) is 0. The summed E-state index contributed by atoms with van der Waals surface area (Å²) in [5.74, 6) is 1.17. The molecule has 2 heterocycles. The van der Waals surface area contributed by atoms with Crippen LogP contribution in [0, 0.1) is 41.2 Å². The number of hydrogen-bond acceptors (Lipinski definition) is 20. The molecule has 8 aromatic rings. The molecule has 0 saturated carbocycles. The summed E-state index contributed by atoms with van der Waals surface area (Å²) in [5.41, 5.74) is 16.5. The van der Waals surface area contributed by atoms with E-state index in [0.29, 0.717) is 105 Å². The van der Waals surface area contributed by atoms with Crippen LogP contribution in [-0.2, 0) is 21.6 Å². The SMILES string of the molecule is CO/N=C(\Cl)CCC/C=C(\c1cc(C)c(OC)c(C(=O)SC)c1)c1cc(C)c2oc(=O)n(C)c2c1.CO/N=C(\Cl)CCC/C=C(\c1cc(C)c(OC)c(C(=O)SC)c1)c1cc(C)c2onc(OC)c2c1.[C-]#[N+]c1cccc(/C(=C/CCC/C(F)=N/OC)c2cc(C)c(OC)c(C(=O)SC)c2)c1. The number of oxime groups is 3. The maximum Gasteiger partial charge on any atom is 0.419 e. The molecule has 0 atom stereocenters. The minimum absolute atomic E-state index is 0.0546. The van der Waals surface area contributed by atoms with Gasteiger partial charge >= 0.3 is 5.76 Å². The summed E-state index contributed by atoms with van der Waals surface area (Å²) in [6.07, 6.45) is 16.9. The first-order valence-corrected chi connectivity index (χ1v) is 36.1. The van der Waals surface area contributed by atoms with Crippen LogP contribution in [0.3, 0.4) is 0 Å². The highest BCUT2D eigenvalue weighted by atomic mass is 35.5. The molecule has 8 rings (SSSR count). The Kier molecular flexibility index (Phi) is 31.9. The zero-order valence-corrected chi connectivity index (χ0v) is 63.5. The fourth-order valence-electron chi connectivity index (χ4n) is 11.3. The first-order valence-electron chi connectivity index (χ1n) is 31.7. The Hall–Kier alpha value is -9.05. The Morgan fingerprint density at radius 3 is 1.38 bits per heavy atom. The lowest BCUT2D eigenvalue weighted by molar-refractivity contribution is 0.107. The van der Waals surface area contributed by atoms with Crippen molar-refractivity contribution in [3.8, 4) is 23.1 Å². The highest BCUT2D eigenvalue weighted by molar-refractivity contribution is 8.14. The van der Waals surface area contributed by atoms with Gasteiger partial charge < -0.3 is 42.4 Å². The Labute approximate surface area is 611 Å². The van der Waals surface area contributed by atoms with Gasteiger partial charge in [0.25, 0.3) is 5.88 Å². The second-order valence-corrected chi connectivity index (χ2v) is 25.9. The largest absolute Gasteiger partial charge is 0.496 e. The molecule has 101 heavy (non-hydrogen) atoms. The number of allylic oxidation sites excluding steroid dienone is 3. The molecule has 534 valence electrons. The van der Waals surface area contributed by atoms with Gasteiger partial charge in [-0.3, -0.25) is 19.0 Å². The van der Waals surface area contributed by atoms with Crippen molar-refractivity contribution < 1.29 is 61.2 Å². The molecule has 6 aromatic carbocycles. The van der Waals surface area contributed by atoms with Crippen molar-refractivity contribution in [3.05, 3.63) is 203 Å². The average Bonchev–Trinajstić information content (AvgIpc) is 1.75. The summed E-state index contributed by atoms with van der Waals surface area (Å²) in [5, 5.41) is 16.2. The number of oxazole rings is 1. The highest BCUT2D eigenvalue weighted by Gasteiger charge is 2.23. The van der Waals surface area contributed by atoms with Crippen LogP contribution in [0.15, 0.2) is 132 Å². The number of thioether (sulfide) groups is 3. The Bertz CT molecular complexity index is 4600. The lowest BCUT2D eigenvalue weighted by atomic mass is 9.91. The Balaban J connectivity index is 0.000000239. The number of nitrogens with zero attached hydrogens (tertiary/aromatic N) is 6. The molecule has 0 saturated heterocycles. The number of aromatic nitrogens is 2. The number of rotatable bonds is 28. The van der Waals surface area contributed by atoms with E-state index >= 15 is 0 Å². The monoisotopic (exact) mass is 1470 g/mol. The maximum atomic E-state index is 13.5. The van der Waals surface area contributed by atoms with Crippen molar-refractivity contribution in [2.45, 2.75) is 92.4 Å². The van der Waals surface area contributed by atoms with Crippen molar-refractivity contribution in [1.29, 1.82) is 0 Å². The number of aryl methyl sites for hydroxylation is 6. The molecule has 2 aromatic heterocycles. The number of methoxy groups -OCH3 is 4. The summed E-state index contributed by atoms with van der Waals surface area (Å²) in [6, 6.07) is 26.8. The summed E-state index contributed by atoms with van der Waals surface area (Å²) < 4.78 is 47.8. The average molecular weight is 1470 g/mol. The van der Waals surface area contributed by atoms with Gasteiger partial charge in [0.15, 0.2) is 16.9 Å². The minimum atomic E-state index is -0.555. The van der Waals surface area contributed by atoms with Crippen molar-refractivity contribution in [3.63, 3.8) is 0 Å². The molecule has 0 fully saturated rings. The van der Waals surface area contributed by atoms with E-state index in [2.05, 4.69) is 42.5 Å². The molecule has 19 nitrogen and oxygen atoms in total. The molecule has 0 aliphatic carbocycles. The molecule has 0 spiro atoms. The molecule has 0 aliphatic heterocycles. The summed E-state index contributed by atoms with van der Waals surface area (Å²) in [4.78, 5) is 67.5. The number of carbonyl (C=O) groups is 3. The van der Waals surface area contributed by atoms with Crippen molar-refractivity contribution in [2.24, 2.45) is 22.5 Å². The molecule has 0 unspecified atom stereocenters. The number of halogens is 3. The number of ether oxygens (including phenoxy) is 4. The normalized spacial score (nSPS) is 12.1. The number of carbonyl (C=O) groups excluding carboxylic acids is 3. The number of fused-ring (bicyclic) bond motifs is 2. The first kappa shape index (κ1) is 80.9. The fourth-order valence-corrected chi connectivity index (χ4v) is 12.8. The van der Waals surface area contributed by atoms with Gasteiger partial charge in [0.2, 0.25) is 21.3 Å². The molecule has 0 amide bonds. The number of unbranched alkanes of at least 4 members (excludes halogenated alkanes) is 3. The van der Waals surface area contributed by atoms with Crippen molar-refractivity contribution in [2.75, 3.05) is 68.5 Å². The van der Waals surface area contributed by atoms with E-state index in [9.17, 15) is 23.6 Å². The minimum Gasteiger partial charge on any atom is -0.496 e. The predicted molar refractivity (Wildman–Crippen MR) is 410 cm³/mol. The topological polar surface area (TPSA) is 218 Å². The highest BCUT2D eigenvalue weighted by Crippen LogP contribution is 2.40. The molecule has 0 N–H and O–H groups in total. The van der Waals surface area contributed by atoms with E-state index in [4.69, 9.17) is 67.3 Å². The lowest BCUT2D eigenvalue weighted by Crippen LogP contribution is -2.08. The third-order valence-electron chi connectivity index (χ3n) is 15.9. The van der Waals surface area contributed by atoms with Gasteiger partial charge in [0, 0.05) is 26.3 Å². The predicted octanol–water partition coefficient (Wildman–Crippen LogP) is 19.4. The Morgan fingerprint density at radius 2 is 0.960 bits per heavy atom. The lowest BCUT2D eigenvalue weighted by Gasteiger charge is -2.16. The van der Waals surface area contributed by atoms with Crippen LogP contribution in [0.5, 0.6) is 23.1 Å². The van der Waals surface area contributed by atoms with Crippen molar-refractivity contribution >= 4 is 135 Å². The van der Waals surface area contributed by atoms with Crippen LogP contribution in [0.25, 0.3) is 43.6 Å². The van der Waals surface area contributed by atoms with Crippen LogP contribution < -0.4 is 24.7 Å². The van der Waals surface area contributed by atoms with Crippen LogP contribution in [0.2, 0.25) is 0 Å². The first-order chi connectivity index (χ1) is 48.5. The van der Waals surface area contributed by atoms with E-state index in [1.807, 2.05) is 113 Å². The van der Waals surface area contributed by atoms with Gasteiger partial charge in [0.05, 0.1) is 62.6 Å². The smallest absolute Gasteiger partial charge is 0.419 e. The third-order valence-corrected chi connectivity index (χ3v) is 18.2. The van der Waals surface area contributed by atoms with E-state index in [1.54, 1.807) is 66.4 Å². The molecular weight excluding hydrogens is 1390 g/mol.